The second-order valence-electron chi connectivity index (χ2n) is 15.5. The number of aliphatic hydroxyl groups excluding tert-OH is 1. The molecule has 0 aromatic rings. The summed E-state index contributed by atoms with van der Waals surface area (Å²) in [5, 5.41) is 9.56. The number of unbranched alkanes of at least 4 members (excludes halogenated alkanes) is 9. The standard InChI is InChI=1S/C46H80NO9P/c1-6-8-9-10-11-12-13-14-15-20-23-26-29-32-35-38-46(50)56-44(42-55-57(51,52)54-40-39-47(3,4)5)41-53-45(49)37-34-31-28-25-22-19-17-16-18-21-24-27-30-33-36-43(48)7-2/h11-12,14-15,17-19,21,25,27-28,30,43-44,48H,6-10,13,16,20,22-24,26,29,31-42H2,1-5H3/b12-11-,15-14-,19-17-,21-18-,28-25-,30-27-/t43-,44+/m0/s1. The number of rotatable bonds is 38. The van der Waals surface area contributed by atoms with E-state index >= 15 is 0 Å². The van der Waals surface area contributed by atoms with Gasteiger partial charge in [-0.3, -0.25) is 14.2 Å². The number of allylic oxidation sites excluding steroid dienone is 12. The van der Waals surface area contributed by atoms with Gasteiger partial charge in [-0.15, -0.1) is 0 Å². The van der Waals surface area contributed by atoms with Crippen LogP contribution in [0.15, 0.2) is 72.9 Å². The van der Waals surface area contributed by atoms with Crippen molar-refractivity contribution in [2.24, 2.45) is 0 Å². The van der Waals surface area contributed by atoms with Crippen molar-refractivity contribution >= 4 is 19.8 Å². The Kier molecular flexibility index (Phi) is 36.0. The fourth-order valence-electron chi connectivity index (χ4n) is 5.24. The van der Waals surface area contributed by atoms with Gasteiger partial charge in [0.25, 0.3) is 7.82 Å². The number of ether oxygens (including phenoxy) is 2. The number of nitrogens with zero attached hydrogens (tertiary/aromatic N) is 1. The van der Waals surface area contributed by atoms with Crippen molar-refractivity contribution in [1.82, 2.24) is 0 Å². The predicted molar refractivity (Wildman–Crippen MR) is 232 cm³/mol. The van der Waals surface area contributed by atoms with Crippen molar-refractivity contribution in [3.05, 3.63) is 72.9 Å². The number of esters is 2. The molecule has 0 bridgehead atoms. The molecule has 0 saturated carbocycles. The number of hydrogen-bond donors (Lipinski definition) is 1. The van der Waals surface area contributed by atoms with Gasteiger partial charge in [0.05, 0.1) is 33.9 Å². The van der Waals surface area contributed by atoms with Gasteiger partial charge in [0.15, 0.2) is 6.10 Å². The van der Waals surface area contributed by atoms with Gasteiger partial charge in [-0.05, 0) is 89.9 Å². The van der Waals surface area contributed by atoms with E-state index in [1.54, 1.807) is 0 Å². The molecule has 0 spiro atoms. The summed E-state index contributed by atoms with van der Waals surface area (Å²) in [7, 11) is 1.09. The van der Waals surface area contributed by atoms with E-state index in [1.807, 2.05) is 34.1 Å². The van der Waals surface area contributed by atoms with Crippen LogP contribution in [0, 0.1) is 0 Å². The third kappa shape index (κ3) is 41.4. The summed E-state index contributed by atoms with van der Waals surface area (Å²) in [5.41, 5.74) is 0. The molecule has 0 saturated heterocycles. The van der Waals surface area contributed by atoms with E-state index in [4.69, 9.17) is 18.5 Å². The quantitative estimate of drug-likeness (QED) is 0.0213. The summed E-state index contributed by atoms with van der Waals surface area (Å²) >= 11 is 0. The van der Waals surface area contributed by atoms with Crippen LogP contribution in [-0.4, -0.2) is 81.2 Å². The number of phosphoric ester groups is 1. The number of carbonyl (C=O) groups excluding carboxylic acids is 2. The highest BCUT2D eigenvalue weighted by atomic mass is 31.2. The van der Waals surface area contributed by atoms with Crippen LogP contribution in [0.1, 0.15) is 149 Å². The van der Waals surface area contributed by atoms with Gasteiger partial charge < -0.3 is 33.0 Å². The number of hydrogen-bond acceptors (Lipinski definition) is 9. The first kappa shape index (κ1) is 54.4. The Bertz CT molecular complexity index is 1220. The Hall–Kier alpha value is -2.59. The highest BCUT2D eigenvalue weighted by Crippen LogP contribution is 2.38. The first-order valence-electron chi connectivity index (χ1n) is 21.7. The molecule has 10 nitrogen and oxygen atoms in total. The molecule has 0 radical (unpaired) electrons. The van der Waals surface area contributed by atoms with E-state index in [9.17, 15) is 24.2 Å². The van der Waals surface area contributed by atoms with Crippen LogP contribution >= 0.6 is 7.82 Å². The Labute approximate surface area is 347 Å². The minimum Gasteiger partial charge on any atom is -0.756 e. The Morgan fingerprint density at radius 3 is 1.68 bits per heavy atom. The number of phosphoric acid groups is 1. The van der Waals surface area contributed by atoms with Crippen LogP contribution in [0.2, 0.25) is 0 Å². The molecule has 0 aliphatic heterocycles. The maximum absolute atomic E-state index is 12.7. The Morgan fingerprint density at radius 2 is 1.12 bits per heavy atom. The lowest BCUT2D eigenvalue weighted by molar-refractivity contribution is -0.870. The van der Waals surface area contributed by atoms with E-state index in [1.165, 1.54) is 19.3 Å². The molecule has 0 aliphatic rings. The van der Waals surface area contributed by atoms with Crippen LogP contribution in [0.3, 0.4) is 0 Å². The van der Waals surface area contributed by atoms with Crippen molar-refractivity contribution in [3.63, 3.8) is 0 Å². The minimum atomic E-state index is -4.65. The van der Waals surface area contributed by atoms with Crippen molar-refractivity contribution in [1.29, 1.82) is 0 Å². The van der Waals surface area contributed by atoms with E-state index in [2.05, 4.69) is 73.8 Å². The minimum absolute atomic E-state index is 0.0516. The topological polar surface area (TPSA) is 131 Å². The summed E-state index contributed by atoms with van der Waals surface area (Å²) in [4.78, 5) is 37.5. The molecule has 0 rings (SSSR count). The SMILES string of the molecule is CCCCC/C=C\C/C=C\CCCCCCCC(=O)O[C@H](COC(=O)CCC/C=C\C/C=C\C/C=C\C/C=C\CC[C@@H](O)CC)COP(=O)([O-])OCC[N+](C)(C)C. The molecule has 0 heterocycles. The van der Waals surface area contributed by atoms with Gasteiger partial charge in [-0.25, -0.2) is 0 Å². The van der Waals surface area contributed by atoms with E-state index in [0.29, 0.717) is 30.3 Å². The van der Waals surface area contributed by atoms with E-state index in [-0.39, 0.29) is 32.2 Å². The average molecular weight is 822 g/mol. The molecule has 57 heavy (non-hydrogen) atoms. The second kappa shape index (κ2) is 37.7. The first-order valence-corrected chi connectivity index (χ1v) is 23.2. The highest BCUT2D eigenvalue weighted by Gasteiger charge is 2.21. The predicted octanol–water partition coefficient (Wildman–Crippen LogP) is 10.6. The van der Waals surface area contributed by atoms with Crippen LogP contribution in [0.5, 0.6) is 0 Å². The monoisotopic (exact) mass is 822 g/mol. The Balaban J connectivity index is 4.51. The van der Waals surface area contributed by atoms with Crippen LogP contribution in [0.25, 0.3) is 0 Å². The fraction of sp³-hybridized carbons (Fsp3) is 0.696. The van der Waals surface area contributed by atoms with Gasteiger partial charge in [-0.1, -0.05) is 119 Å². The zero-order chi connectivity index (χ0) is 42.3. The lowest BCUT2D eigenvalue weighted by Crippen LogP contribution is -2.37. The van der Waals surface area contributed by atoms with Crippen LogP contribution < -0.4 is 4.89 Å². The van der Waals surface area contributed by atoms with Gasteiger partial charge in [-0.2, -0.15) is 0 Å². The molecule has 0 fully saturated rings. The summed E-state index contributed by atoms with van der Waals surface area (Å²) in [6, 6.07) is 0. The number of quaternary nitrogens is 1. The average Bonchev–Trinajstić information content (AvgIpc) is 3.16. The highest BCUT2D eigenvalue weighted by molar-refractivity contribution is 7.45. The molecule has 1 N–H and O–H groups in total. The molecular formula is C46H80NO9P. The fourth-order valence-corrected chi connectivity index (χ4v) is 5.97. The summed E-state index contributed by atoms with van der Waals surface area (Å²) in [6.07, 6.45) is 43.0. The molecular weight excluding hydrogens is 741 g/mol. The van der Waals surface area contributed by atoms with E-state index < -0.39 is 32.5 Å². The van der Waals surface area contributed by atoms with E-state index in [0.717, 1.165) is 83.5 Å². The summed E-state index contributed by atoms with van der Waals surface area (Å²) in [5.74, 6) is -0.942. The molecule has 3 atom stereocenters. The molecule has 0 amide bonds. The number of carbonyl (C=O) groups is 2. The molecule has 11 heteroatoms. The lowest BCUT2D eigenvalue weighted by Gasteiger charge is -2.28. The van der Waals surface area contributed by atoms with Gasteiger partial charge in [0.1, 0.15) is 19.8 Å². The first-order chi connectivity index (χ1) is 27.4. The zero-order valence-corrected chi connectivity index (χ0v) is 37.3. The third-order valence-electron chi connectivity index (χ3n) is 8.86. The number of aliphatic hydroxyl groups is 1. The van der Waals surface area contributed by atoms with Gasteiger partial charge in [0, 0.05) is 12.8 Å². The van der Waals surface area contributed by atoms with Crippen molar-refractivity contribution < 1.29 is 47.2 Å². The summed E-state index contributed by atoms with van der Waals surface area (Å²) < 4.78 is 33.8. The third-order valence-corrected chi connectivity index (χ3v) is 9.83. The lowest BCUT2D eigenvalue weighted by atomic mass is 10.1. The molecule has 1 unspecified atom stereocenters. The van der Waals surface area contributed by atoms with Crippen molar-refractivity contribution in [2.45, 2.75) is 161 Å². The normalized spacial score (nSPS) is 14.9. The maximum atomic E-state index is 12.7. The largest absolute Gasteiger partial charge is 0.756 e. The zero-order valence-electron chi connectivity index (χ0n) is 36.4. The second-order valence-corrected chi connectivity index (χ2v) is 16.9. The van der Waals surface area contributed by atoms with Gasteiger partial charge >= 0.3 is 11.9 Å². The summed E-state index contributed by atoms with van der Waals surface area (Å²) in [6.45, 7) is 3.81. The number of likely N-dealkylation sites (N-methyl/N-ethyl adjacent to an activating group) is 1. The Morgan fingerprint density at radius 1 is 0.632 bits per heavy atom. The smallest absolute Gasteiger partial charge is 0.306 e. The van der Waals surface area contributed by atoms with Crippen LogP contribution in [-0.2, 0) is 32.7 Å². The van der Waals surface area contributed by atoms with Crippen molar-refractivity contribution in [3.8, 4) is 0 Å². The van der Waals surface area contributed by atoms with Gasteiger partial charge in [0.2, 0.25) is 0 Å². The maximum Gasteiger partial charge on any atom is 0.306 e. The van der Waals surface area contributed by atoms with Crippen molar-refractivity contribution in [2.75, 3.05) is 47.5 Å². The molecule has 0 aliphatic carbocycles. The molecule has 0 aromatic carbocycles. The van der Waals surface area contributed by atoms with Crippen LogP contribution in [0.4, 0.5) is 0 Å². The molecule has 328 valence electrons. The molecule has 0 aromatic heterocycles.